The van der Waals surface area contributed by atoms with Crippen molar-refractivity contribution >= 4 is 34.9 Å². The summed E-state index contributed by atoms with van der Waals surface area (Å²) in [6.45, 7) is 4.71. The first-order valence-electron chi connectivity index (χ1n) is 10.3. The maximum absolute atomic E-state index is 13.0. The Morgan fingerprint density at radius 3 is 2.66 bits per heavy atom. The molecule has 1 aliphatic heterocycles. The van der Waals surface area contributed by atoms with Crippen molar-refractivity contribution in [2.24, 2.45) is 0 Å². The van der Waals surface area contributed by atoms with Crippen molar-refractivity contribution in [2.75, 3.05) is 11.1 Å². The normalized spacial score (nSPS) is 12.2. The van der Waals surface area contributed by atoms with Crippen LogP contribution in [0.3, 0.4) is 0 Å². The molecule has 0 aliphatic carbocycles. The minimum absolute atomic E-state index is 0.131. The Morgan fingerprint density at radius 2 is 1.81 bits per heavy atom. The lowest BCUT2D eigenvalue weighted by Crippen LogP contribution is -2.13. The highest BCUT2D eigenvalue weighted by molar-refractivity contribution is 7.99. The summed E-state index contributed by atoms with van der Waals surface area (Å²) in [4.78, 5) is 24.7. The van der Waals surface area contributed by atoms with Crippen LogP contribution in [-0.2, 0) is 11.4 Å². The molecule has 5 nitrogen and oxygen atoms in total. The van der Waals surface area contributed by atoms with Gasteiger partial charge in [0.25, 0.3) is 5.91 Å². The van der Waals surface area contributed by atoms with E-state index in [2.05, 4.69) is 11.9 Å². The van der Waals surface area contributed by atoms with E-state index in [0.717, 1.165) is 27.2 Å². The number of thioether (sulfide) groups is 1. The zero-order chi connectivity index (χ0) is 22.5. The Balaban J connectivity index is 1.53. The number of rotatable bonds is 7. The summed E-state index contributed by atoms with van der Waals surface area (Å²) in [6.07, 6.45) is 0.697. The molecule has 1 aliphatic rings. The SMILES string of the molecule is C=C1c2ccccc2COc2ccc(C(=O)Nc3ccccc3SCCCC(=O)O)cc21. The van der Waals surface area contributed by atoms with Crippen molar-refractivity contribution in [3.05, 3.63) is 95.6 Å². The Kier molecular flexibility index (Phi) is 6.61. The van der Waals surface area contributed by atoms with Gasteiger partial charge in [0.05, 0.1) is 5.69 Å². The molecule has 0 bridgehead atoms. The van der Waals surface area contributed by atoms with E-state index in [4.69, 9.17) is 9.84 Å². The molecule has 3 aromatic rings. The lowest BCUT2D eigenvalue weighted by atomic mass is 9.94. The van der Waals surface area contributed by atoms with E-state index < -0.39 is 5.97 Å². The van der Waals surface area contributed by atoms with E-state index in [1.807, 2.05) is 60.7 Å². The molecule has 0 aromatic heterocycles. The van der Waals surface area contributed by atoms with Crippen molar-refractivity contribution in [2.45, 2.75) is 24.3 Å². The van der Waals surface area contributed by atoms with Crippen LogP contribution < -0.4 is 10.1 Å². The third-order valence-corrected chi connectivity index (χ3v) is 6.38. The second-order valence-electron chi connectivity index (χ2n) is 7.43. The van der Waals surface area contributed by atoms with E-state index in [1.54, 1.807) is 6.07 Å². The fourth-order valence-electron chi connectivity index (χ4n) is 3.57. The number of aliphatic carboxylic acids is 1. The fraction of sp³-hybridized carbons (Fsp3) is 0.154. The van der Waals surface area contributed by atoms with Crippen LogP contribution in [0.15, 0.2) is 78.2 Å². The van der Waals surface area contributed by atoms with Gasteiger partial charge < -0.3 is 15.2 Å². The quantitative estimate of drug-likeness (QED) is 0.352. The molecule has 1 amide bonds. The highest BCUT2D eigenvalue weighted by Gasteiger charge is 2.19. The monoisotopic (exact) mass is 445 g/mol. The van der Waals surface area contributed by atoms with Crippen molar-refractivity contribution in [1.82, 2.24) is 0 Å². The number of anilines is 1. The maximum atomic E-state index is 13.0. The van der Waals surface area contributed by atoms with Crippen LogP contribution in [0.2, 0.25) is 0 Å². The Hall–Kier alpha value is -3.51. The molecule has 0 radical (unpaired) electrons. The van der Waals surface area contributed by atoms with Gasteiger partial charge in [0, 0.05) is 22.4 Å². The first-order chi connectivity index (χ1) is 15.5. The number of carbonyl (C=O) groups is 2. The molecule has 0 fully saturated rings. The first kappa shape index (κ1) is 21.7. The van der Waals surface area contributed by atoms with Gasteiger partial charge in [-0.25, -0.2) is 0 Å². The summed E-state index contributed by atoms with van der Waals surface area (Å²) < 4.78 is 5.95. The van der Waals surface area contributed by atoms with Gasteiger partial charge in [0.15, 0.2) is 0 Å². The summed E-state index contributed by atoms with van der Waals surface area (Å²) in [5.41, 5.74) is 4.93. The molecule has 1 heterocycles. The number of amides is 1. The first-order valence-corrected chi connectivity index (χ1v) is 11.3. The van der Waals surface area contributed by atoms with Crippen LogP contribution in [0.5, 0.6) is 5.75 Å². The minimum atomic E-state index is -0.802. The molecule has 0 unspecified atom stereocenters. The van der Waals surface area contributed by atoms with Gasteiger partial charge in [-0.15, -0.1) is 11.8 Å². The van der Waals surface area contributed by atoms with Crippen molar-refractivity contribution < 1.29 is 19.4 Å². The third-order valence-electron chi connectivity index (χ3n) is 5.22. The van der Waals surface area contributed by atoms with Crippen LogP contribution in [-0.4, -0.2) is 22.7 Å². The topological polar surface area (TPSA) is 75.6 Å². The van der Waals surface area contributed by atoms with Gasteiger partial charge in [0.2, 0.25) is 0 Å². The van der Waals surface area contributed by atoms with Crippen LogP contribution in [0.1, 0.15) is 39.9 Å². The zero-order valence-corrected chi connectivity index (χ0v) is 18.3. The van der Waals surface area contributed by atoms with Gasteiger partial charge >= 0.3 is 5.97 Å². The van der Waals surface area contributed by atoms with Crippen LogP contribution >= 0.6 is 11.8 Å². The number of carboxylic acid groups (broad SMARTS) is 1. The van der Waals surface area contributed by atoms with E-state index in [1.165, 1.54) is 11.8 Å². The molecule has 0 spiro atoms. The Bertz CT molecular complexity index is 1190. The molecule has 2 N–H and O–H groups in total. The Morgan fingerprint density at radius 1 is 1.03 bits per heavy atom. The smallest absolute Gasteiger partial charge is 0.303 e. The molecule has 0 saturated carbocycles. The molecule has 4 rings (SSSR count). The molecule has 0 saturated heterocycles. The Labute approximate surface area is 191 Å². The summed E-state index contributed by atoms with van der Waals surface area (Å²) in [5, 5.41) is 11.8. The predicted octanol–water partition coefficient (Wildman–Crippen LogP) is 5.85. The standard InChI is InChI=1S/C26H23NO4S/c1-17-20-8-3-2-7-19(20)16-31-23-13-12-18(15-21(17)23)26(30)27-22-9-4-5-10-24(22)32-14-6-11-25(28)29/h2-5,7-10,12-13,15H,1,6,11,14,16H2,(H,27,30)(H,28,29). The van der Waals surface area contributed by atoms with Crippen LogP contribution in [0, 0.1) is 0 Å². The van der Waals surface area contributed by atoms with Crippen molar-refractivity contribution in [3.8, 4) is 5.75 Å². The maximum Gasteiger partial charge on any atom is 0.303 e. The highest BCUT2D eigenvalue weighted by Crippen LogP contribution is 2.36. The van der Waals surface area contributed by atoms with E-state index >= 15 is 0 Å². The number of carbonyl (C=O) groups excluding carboxylic acids is 1. The van der Waals surface area contributed by atoms with E-state index in [-0.39, 0.29) is 12.3 Å². The lowest BCUT2D eigenvalue weighted by Gasteiger charge is -2.13. The summed E-state index contributed by atoms with van der Waals surface area (Å²) in [7, 11) is 0. The number of fused-ring (bicyclic) bond motifs is 2. The molecule has 162 valence electrons. The van der Waals surface area contributed by atoms with Gasteiger partial charge in [-0.1, -0.05) is 43.0 Å². The number of hydrogen-bond donors (Lipinski definition) is 2. The third kappa shape index (κ3) is 4.86. The number of ether oxygens (including phenoxy) is 1. The molecular weight excluding hydrogens is 422 g/mol. The van der Waals surface area contributed by atoms with Crippen molar-refractivity contribution in [1.29, 1.82) is 0 Å². The average molecular weight is 446 g/mol. The second kappa shape index (κ2) is 9.75. The average Bonchev–Trinajstić information content (AvgIpc) is 2.94. The number of hydrogen-bond acceptors (Lipinski definition) is 4. The summed E-state index contributed by atoms with van der Waals surface area (Å²) in [6, 6.07) is 20.9. The lowest BCUT2D eigenvalue weighted by molar-refractivity contribution is -0.137. The van der Waals surface area contributed by atoms with Crippen LogP contribution in [0.4, 0.5) is 5.69 Å². The zero-order valence-electron chi connectivity index (χ0n) is 17.5. The molecular formula is C26H23NO4S. The number of benzene rings is 3. The fourth-order valence-corrected chi connectivity index (χ4v) is 4.53. The number of para-hydroxylation sites is 1. The van der Waals surface area contributed by atoms with Gasteiger partial charge in [0.1, 0.15) is 12.4 Å². The minimum Gasteiger partial charge on any atom is -0.488 e. The van der Waals surface area contributed by atoms with Crippen molar-refractivity contribution in [3.63, 3.8) is 0 Å². The molecule has 0 atom stereocenters. The number of nitrogens with one attached hydrogen (secondary N) is 1. The molecule has 3 aromatic carbocycles. The van der Waals surface area contributed by atoms with Gasteiger partial charge in [-0.05, 0) is 59.2 Å². The molecule has 32 heavy (non-hydrogen) atoms. The second-order valence-corrected chi connectivity index (χ2v) is 8.57. The highest BCUT2D eigenvalue weighted by atomic mass is 32.2. The number of carboxylic acids is 1. The van der Waals surface area contributed by atoms with E-state index in [0.29, 0.717) is 35.8 Å². The van der Waals surface area contributed by atoms with E-state index in [9.17, 15) is 9.59 Å². The van der Waals surface area contributed by atoms with Crippen LogP contribution in [0.25, 0.3) is 5.57 Å². The largest absolute Gasteiger partial charge is 0.488 e. The summed E-state index contributed by atoms with van der Waals surface area (Å²) >= 11 is 1.53. The molecule has 6 heteroatoms. The summed E-state index contributed by atoms with van der Waals surface area (Å²) in [5.74, 6) is 0.339. The van der Waals surface area contributed by atoms with Gasteiger partial charge in [-0.2, -0.15) is 0 Å². The predicted molar refractivity (Wildman–Crippen MR) is 127 cm³/mol. The van der Waals surface area contributed by atoms with Gasteiger partial charge in [-0.3, -0.25) is 9.59 Å².